The SMILES string of the molecule is COc1ccc(-c2n[nH]c(=S)n2CC(=O)NC(C)c2ccc(SC)cc2)cc1. The molecule has 0 bridgehead atoms. The molecule has 1 amide bonds. The molecule has 28 heavy (non-hydrogen) atoms. The summed E-state index contributed by atoms with van der Waals surface area (Å²) >= 11 is 7.00. The van der Waals surface area contributed by atoms with Crippen molar-refractivity contribution in [1.29, 1.82) is 0 Å². The normalized spacial score (nSPS) is 11.8. The van der Waals surface area contributed by atoms with Crippen LogP contribution in [-0.4, -0.2) is 34.0 Å². The minimum atomic E-state index is -0.131. The maximum absolute atomic E-state index is 12.6. The number of aromatic amines is 1. The summed E-state index contributed by atoms with van der Waals surface area (Å²) in [5.74, 6) is 1.23. The smallest absolute Gasteiger partial charge is 0.240 e. The van der Waals surface area contributed by atoms with E-state index in [1.807, 2.05) is 49.6 Å². The van der Waals surface area contributed by atoms with E-state index in [0.29, 0.717) is 10.6 Å². The lowest BCUT2D eigenvalue weighted by molar-refractivity contribution is -0.122. The monoisotopic (exact) mass is 414 g/mol. The Kier molecular flexibility index (Phi) is 6.53. The van der Waals surface area contributed by atoms with Gasteiger partial charge in [0.1, 0.15) is 12.3 Å². The molecule has 0 saturated heterocycles. The number of hydrogen-bond acceptors (Lipinski definition) is 5. The van der Waals surface area contributed by atoms with E-state index in [1.165, 1.54) is 4.90 Å². The van der Waals surface area contributed by atoms with Crippen LogP contribution in [0.3, 0.4) is 0 Å². The number of aromatic nitrogens is 3. The van der Waals surface area contributed by atoms with E-state index < -0.39 is 0 Å². The summed E-state index contributed by atoms with van der Waals surface area (Å²) in [5, 5.41) is 10.1. The zero-order chi connectivity index (χ0) is 20.1. The lowest BCUT2D eigenvalue weighted by Gasteiger charge is -2.15. The maximum Gasteiger partial charge on any atom is 0.240 e. The van der Waals surface area contributed by atoms with Crippen molar-refractivity contribution < 1.29 is 9.53 Å². The first-order valence-corrected chi connectivity index (χ1v) is 10.4. The Bertz CT molecular complexity index is 994. The van der Waals surface area contributed by atoms with Crippen LogP contribution in [-0.2, 0) is 11.3 Å². The standard InChI is InChI=1S/C20H22N4O2S2/c1-13(14-6-10-17(28-3)11-7-14)21-18(25)12-24-19(22-23-20(24)27)15-4-8-16(26-2)9-5-15/h4-11,13H,12H2,1-3H3,(H,21,25)(H,23,27). The van der Waals surface area contributed by atoms with Crippen LogP contribution >= 0.6 is 24.0 Å². The van der Waals surface area contributed by atoms with Crippen molar-refractivity contribution in [2.24, 2.45) is 0 Å². The van der Waals surface area contributed by atoms with E-state index >= 15 is 0 Å². The Balaban J connectivity index is 1.73. The molecule has 3 aromatic rings. The first-order valence-electron chi connectivity index (χ1n) is 8.74. The van der Waals surface area contributed by atoms with Crippen LogP contribution in [0.2, 0.25) is 0 Å². The molecular weight excluding hydrogens is 392 g/mol. The number of ether oxygens (including phenoxy) is 1. The van der Waals surface area contributed by atoms with Gasteiger partial charge >= 0.3 is 0 Å². The fraction of sp³-hybridized carbons (Fsp3) is 0.250. The lowest BCUT2D eigenvalue weighted by Crippen LogP contribution is -2.30. The van der Waals surface area contributed by atoms with Gasteiger partial charge in [-0.15, -0.1) is 11.8 Å². The molecule has 8 heteroatoms. The molecule has 3 rings (SSSR count). The maximum atomic E-state index is 12.6. The van der Waals surface area contributed by atoms with E-state index in [0.717, 1.165) is 16.9 Å². The molecule has 6 nitrogen and oxygen atoms in total. The van der Waals surface area contributed by atoms with Gasteiger partial charge < -0.3 is 10.1 Å². The van der Waals surface area contributed by atoms with Crippen molar-refractivity contribution in [2.75, 3.05) is 13.4 Å². The van der Waals surface area contributed by atoms with Crippen molar-refractivity contribution in [3.63, 3.8) is 0 Å². The van der Waals surface area contributed by atoms with Gasteiger partial charge in [-0.2, -0.15) is 5.10 Å². The molecule has 0 fully saturated rings. The molecule has 146 valence electrons. The number of nitrogens with zero attached hydrogens (tertiary/aromatic N) is 2. The summed E-state index contributed by atoms with van der Waals surface area (Å²) in [7, 11) is 1.62. The Labute approximate surface area is 173 Å². The predicted octanol–water partition coefficient (Wildman–Crippen LogP) is 4.22. The summed E-state index contributed by atoms with van der Waals surface area (Å²) in [6, 6.07) is 15.5. The molecule has 0 saturated carbocycles. The fourth-order valence-electron chi connectivity index (χ4n) is 2.83. The van der Waals surface area contributed by atoms with Crippen LogP contribution in [0.1, 0.15) is 18.5 Å². The van der Waals surface area contributed by atoms with Crippen LogP contribution < -0.4 is 10.1 Å². The molecule has 0 aliphatic carbocycles. The van der Waals surface area contributed by atoms with Crippen LogP contribution in [0.25, 0.3) is 11.4 Å². The van der Waals surface area contributed by atoms with E-state index in [4.69, 9.17) is 17.0 Å². The number of rotatable bonds is 7. The number of benzene rings is 2. The second-order valence-corrected chi connectivity index (χ2v) is 7.50. The quantitative estimate of drug-likeness (QED) is 0.447. The third-order valence-corrected chi connectivity index (χ3v) is 5.46. The number of thioether (sulfide) groups is 1. The van der Waals surface area contributed by atoms with Gasteiger partial charge in [-0.25, -0.2) is 0 Å². The summed E-state index contributed by atoms with van der Waals surface area (Å²) in [6.07, 6.45) is 2.04. The summed E-state index contributed by atoms with van der Waals surface area (Å²) in [5.41, 5.74) is 1.90. The van der Waals surface area contributed by atoms with Gasteiger partial charge in [0, 0.05) is 10.5 Å². The Hall–Kier alpha value is -2.58. The zero-order valence-electron chi connectivity index (χ0n) is 15.9. The van der Waals surface area contributed by atoms with E-state index in [2.05, 4.69) is 27.6 Å². The van der Waals surface area contributed by atoms with Gasteiger partial charge in [0.2, 0.25) is 5.91 Å². The minimum absolute atomic E-state index is 0.0872. The molecule has 0 aliphatic rings. The van der Waals surface area contributed by atoms with Crippen molar-refractivity contribution in [1.82, 2.24) is 20.1 Å². The molecule has 1 unspecified atom stereocenters. The predicted molar refractivity (Wildman–Crippen MR) is 114 cm³/mol. The van der Waals surface area contributed by atoms with Crippen molar-refractivity contribution in [3.8, 4) is 17.1 Å². The van der Waals surface area contributed by atoms with Crippen LogP contribution in [0.15, 0.2) is 53.4 Å². The highest BCUT2D eigenvalue weighted by Gasteiger charge is 2.15. The lowest BCUT2D eigenvalue weighted by atomic mass is 10.1. The molecular formula is C20H22N4O2S2. The molecule has 0 aliphatic heterocycles. The van der Waals surface area contributed by atoms with Gasteiger partial charge in [-0.05, 0) is 67.4 Å². The Morgan fingerprint density at radius 3 is 2.54 bits per heavy atom. The first-order chi connectivity index (χ1) is 13.5. The molecule has 0 radical (unpaired) electrons. The fourth-order valence-corrected chi connectivity index (χ4v) is 3.44. The van der Waals surface area contributed by atoms with Crippen LogP contribution in [0.4, 0.5) is 0 Å². The second kappa shape index (κ2) is 9.07. The van der Waals surface area contributed by atoms with E-state index in [9.17, 15) is 4.79 Å². The molecule has 1 heterocycles. The Morgan fingerprint density at radius 2 is 1.93 bits per heavy atom. The molecule has 1 aromatic heterocycles. The highest BCUT2D eigenvalue weighted by atomic mass is 32.2. The van der Waals surface area contributed by atoms with Gasteiger partial charge in [-0.3, -0.25) is 14.5 Å². The van der Waals surface area contributed by atoms with Gasteiger partial charge in [0.25, 0.3) is 0 Å². The summed E-state index contributed by atoms with van der Waals surface area (Å²) < 4.78 is 7.28. The average Bonchev–Trinajstić information content (AvgIpc) is 3.08. The number of carbonyl (C=O) groups excluding carboxylic acids is 1. The van der Waals surface area contributed by atoms with Gasteiger partial charge in [-0.1, -0.05) is 12.1 Å². The molecule has 2 N–H and O–H groups in total. The van der Waals surface area contributed by atoms with Gasteiger partial charge in [0.15, 0.2) is 10.6 Å². The Morgan fingerprint density at radius 1 is 1.25 bits per heavy atom. The second-order valence-electron chi connectivity index (χ2n) is 6.23. The van der Waals surface area contributed by atoms with E-state index in [1.54, 1.807) is 23.4 Å². The van der Waals surface area contributed by atoms with Crippen LogP contribution in [0, 0.1) is 4.77 Å². The molecule has 0 spiro atoms. The van der Waals surface area contributed by atoms with Gasteiger partial charge in [0.05, 0.1) is 13.2 Å². The average molecular weight is 415 g/mol. The number of amides is 1. The summed E-state index contributed by atoms with van der Waals surface area (Å²) in [4.78, 5) is 13.8. The number of H-pyrrole nitrogens is 1. The summed E-state index contributed by atoms with van der Waals surface area (Å²) in [6.45, 7) is 2.05. The third-order valence-electron chi connectivity index (χ3n) is 4.40. The van der Waals surface area contributed by atoms with Crippen molar-refractivity contribution >= 4 is 29.9 Å². The van der Waals surface area contributed by atoms with Crippen molar-refractivity contribution in [3.05, 3.63) is 58.9 Å². The highest BCUT2D eigenvalue weighted by Crippen LogP contribution is 2.21. The number of carbonyl (C=O) groups is 1. The first kappa shape index (κ1) is 20.2. The third kappa shape index (κ3) is 4.63. The number of methoxy groups -OCH3 is 1. The zero-order valence-corrected chi connectivity index (χ0v) is 17.6. The number of hydrogen-bond donors (Lipinski definition) is 2. The van der Waals surface area contributed by atoms with Crippen LogP contribution in [0.5, 0.6) is 5.75 Å². The highest BCUT2D eigenvalue weighted by molar-refractivity contribution is 7.98. The minimum Gasteiger partial charge on any atom is -0.497 e. The topological polar surface area (TPSA) is 71.9 Å². The number of nitrogens with one attached hydrogen (secondary N) is 2. The molecule has 1 atom stereocenters. The molecule has 2 aromatic carbocycles. The largest absolute Gasteiger partial charge is 0.497 e. The van der Waals surface area contributed by atoms with Crippen molar-refractivity contribution in [2.45, 2.75) is 24.4 Å². The van der Waals surface area contributed by atoms with E-state index in [-0.39, 0.29) is 18.5 Å².